The standard InChI is InChI=1S/C25H31N/c1-16-13-17(2)18(3)24(14-16)25-23-10-9-21(15-22(23)11-12-26-25)19(4)20-7-5-6-8-20/h9-15,18-20,24H,5-8H2,1-4H3. The molecule has 1 nitrogen and oxygen atoms in total. The second-order valence-corrected chi connectivity index (χ2v) is 8.62. The highest BCUT2D eigenvalue weighted by Crippen LogP contribution is 2.40. The first kappa shape index (κ1) is 17.5. The third-order valence-corrected chi connectivity index (χ3v) is 6.92. The molecule has 2 aromatic rings. The summed E-state index contributed by atoms with van der Waals surface area (Å²) in [6.07, 6.45) is 12.3. The summed E-state index contributed by atoms with van der Waals surface area (Å²) in [5.41, 5.74) is 5.55. The highest BCUT2D eigenvalue weighted by molar-refractivity contribution is 5.86. The zero-order chi connectivity index (χ0) is 18.3. The Morgan fingerprint density at radius 2 is 1.85 bits per heavy atom. The lowest BCUT2D eigenvalue weighted by Gasteiger charge is -2.27. The molecule has 1 aromatic carbocycles. The number of rotatable bonds is 3. The second kappa shape index (κ2) is 7.02. The molecule has 3 unspecified atom stereocenters. The Hall–Kier alpha value is -1.89. The van der Waals surface area contributed by atoms with Crippen molar-refractivity contribution >= 4 is 10.8 Å². The molecule has 3 atom stereocenters. The van der Waals surface area contributed by atoms with Crippen molar-refractivity contribution in [2.24, 2.45) is 11.8 Å². The third kappa shape index (κ3) is 3.13. The Morgan fingerprint density at radius 1 is 1.08 bits per heavy atom. The van der Waals surface area contributed by atoms with Crippen LogP contribution in [0.3, 0.4) is 0 Å². The van der Waals surface area contributed by atoms with Crippen LogP contribution in [0.2, 0.25) is 0 Å². The van der Waals surface area contributed by atoms with Gasteiger partial charge in [0.05, 0.1) is 5.69 Å². The normalized spacial score (nSPS) is 25.2. The first-order valence-corrected chi connectivity index (χ1v) is 10.3. The van der Waals surface area contributed by atoms with Gasteiger partial charge in [0.25, 0.3) is 0 Å². The number of hydrogen-bond acceptors (Lipinski definition) is 1. The zero-order valence-corrected chi connectivity index (χ0v) is 16.6. The lowest BCUT2D eigenvalue weighted by Crippen LogP contribution is -2.14. The van der Waals surface area contributed by atoms with E-state index in [-0.39, 0.29) is 0 Å². The van der Waals surface area contributed by atoms with Gasteiger partial charge >= 0.3 is 0 Å². The van der Waals surface area contributed by atoms with E-state index < -0.39 is 0 Å². The summed E-state index contributed by atoms with van der Waals surface area (Å²) in [6, 6.07) is 9.32. The number of nitrogens with zero attached hydrogens (tertiary/aromatic N) is 1. The van der Waals surface area contributed by atoms with E-state index in [1.54, 1.807) is 0 Å². The molecular formula is C25H31N. The molecule has 2 aliphatic rings. The molecule has 26 heavy (non-hydrogen) atoms. The monoisotopic (exact) mass is 345 g/mol. The molecule has 4 rings (SSSR count). The number of fused-ring (bicyclic) bond motifs is 1. The predicted molar refractivity (Wildman–Crippen MR) is 112 cm³/mol. The lowest BCUT2D eigenvalue weighted by molar-refractivity contribution is 0.461. The Bertz CT molecular complexity index is 867. The molecule has 0 radical (unpaired) electrons. The molecule has 0 saturated heterocycles. The quantitative estimate of drug-likeness (QED) is 0.575. The number of allylic oxidation sites excluding steroid dienone is 4. The molecule has 2 aliphatic carbocycles. The Balaban J connectivity index is 1.73. The van der Waals surface area contributed by atoms with Crippen LogP contribution in [0.4, 0.5) is 0 Å². The summed E-state index contributed by atoms with van der Waals surface area (Å²) in [4.78, 5) is 4.83. The fourth-order valence-corrected chi connectivity index (χ4v) is 5.06. The Labute approximate surface area is 158 Å². The Kier molecular flexibility index (Phi) is 4.73. The van der Waals surface area contributed by atoms with Gasteiger partial charge in [-0.1, -0.05) is 68.2 Å². The van der Waals surface area contributed by atoms with Crippen molar-refractivity contribution in [3.8, 4) is 0 Å². The van der Waals surface area contributed by atoms with Gasteiger partial charge in [-0.3, -0.25) is 4.98 Å². The zero-order valence-electron chi connectivity index (χ0n) is 16.6. The maximum Gasteiger partial charge on any atom is 0.0556 e. The maximum absolute atomic E-state index is 4.83. The van der Waals surface area contributed by atoms with E-state index in [0.717, 1.165) is 5.92 Å². The highest BCUT2D eigenvalue weighted by Gasteiger charge is 2.26. The highest BCUT2D eigenvalue weighted by atomic mass is 14.7. The smallest absolute Gasteiger partial charge is 0.0556 e. The van der Waals surface area contributed by atoms with Gasteiger partial charge in [0, 0.05) is 17.5 Å². The van der Waals surface area contributed by atoms with Crippen molar-refractivity contribution in [2.75, 3.05) is 0 Å². The fraction of sp³-hybridized carbons (Fsp3) is 0.480. The predicted octanol–water partition coefficient (Wildman–Crippen LogP) is 7.15. The van der Waals surface area contributed by atoms with Gasteiger partial charge in [-0.15, -0.1) is 0 Å². The SMILES string of the molecule is CC1=CC(c2nccc3cc(C(C)C4CCCC4)ccc23)C(C)C(C)=C1. The van der Waals surface area contributed by atoms with Gasteiger partial charge in [0.15, 0.2) is 0 Å². The number of benzene rings is 1. The molecule has 0 amide bonds. The summed E-state index contributed by atoms with van der Waals surface area (Å²) in [7, 11) is 0. The largest absolute Gasteiger partial charge is 0.260 e. The lowest BCUT2D eigenvalue weighted by atomic mass is 9.78. The average Bonchev–Trinajstić information content (AvgIpc) is 3.18. The van der Waals surface area contributed by atoms with E-state index in [4.69, 9.17) is 4.98 Å². The minimum absolute atomic E-state index is 0.377. The molecule has 1 fully saturated rings. The molecule has 1 saturated carbocycles. The third-order valence-electron chi connectivity index (χ3n) is 6.92. The van der Waals surface area contributed by atoms with Gasteiger partial charge in [-0.25, -0.2) is 0 Å². The summed E-state index contributed by atoms with van der Waals surface area (Å²) in [6.45, 7) is 9.20. The molecule has 0 spiro atoms. The van der Waals surface area contributed by atoms with Gasteiger partial charge in [-0.05, 0) is 61.5 Å². The summed E-state index contributed by atoms with van der Waals surface area (Å²) < 4.78 is 0. The van der Waals surface area contributed by atoms with Gasteiger partial charge in [0.1, 0.15) is 0 Å². The van der Waals surface area contributed by atoms with Crippen LogP contribution in [0.5, 0.6) is 0 Å². The van der Waals surface area contributed by atoms with Crippen LogP contribution in [-0.4, -0.2) is 4.98 Å². The summed E-state index contributed by atoms with van der Waals surface area (Å²) >= 11 is 0. The topological polar surface area (TPSA) is 12.9 Å². The van der Waals surface area contributed by atoms with Crippen LogP contribution < -0.4 is 0 Å². The van der Waals surface area contributed by atoms with Crippen LogP contribution >= 0.6 is 0 Å². The summed E-state index contributed by atoms with van der Waals surface area (Å²) in [5.74, 6) is 2.42. The first-order chi connectivity index (χ1) is 12.5. The van der Waals surface area contributed by atoms with Crippen LogP contribution in [0, 0.1) is 11.8 Å². The van der Waals surface area contributed by atoms with Crippen molar-refractivity contribution < 1.29 is 0 Å². The molecule has 0 N–H and O–H groups in total. The first-order valence-electron chi connectivity index (χ1n) is 10.3. The molecule has 1 heteroatoms. The Morgan fingerprint density at radius 3 is 2.62 bits per heavy atom. The van der Waals surface area contributed by atoms with Crippen molar-refractivity contribution in [2.45, 2.75) is 65.2 Å². The van der Waals surface area contributed by atoms with Gasteiger partial charge in [0.2, 0.25) is 0 Å². The molecule has 1 aromatic heterocycles. The molecule has 0 bridgehead atoms. The van der Waals surface area contributed by atoms with Gasteiger partial charge < -0.3 is 0 Å². The minimum atomic E-state index is 0.377. The van der Waals surface area contributed by atoms with Crippen molar-refractivity contribution in [1.82, 2.24) is 4.98 Å². The number of aromatic nitrogens is 1. The van der Waals surface area contributed by atoms with E-state index in [1.165, 1.54) is 58.9 Å². The van der Waals surface area contributed by atoms with Crippen molar-refractivity contribution in [1.29, 1.82) is 0 Å². The molecule has 136 valence electrons. The summed E-state index contributed by atoms with van der Waals surface area (Å²) in [5, 5.41) is 2.67. The second-order valence-electron chi connectivity index (χ2n) is 8.62. The minimum Gasteiger partial charge on any atom is -0.260 e. The van der Waals surface area contributed by atoms with E-state index >= 15 is 0 Å². The van der Waals surface area contributed by atoms with Crippen LogP contribution in [0.1, 0.15) is 76.5 Å². The van der Waals surface area contributed by atoms with Crippen LogP contribution in [0.15, 0.2) is 53.8 Å². The van der Waals surface area contributed by atoms with Crippen molar-refractivity contribution in [3.63, 3.8) is 0 Å². The molecule has 0 aliphatic heterocycles. The maximum atomic E-state index is 4.83. The van der Waals surface area contributed by atoms with E-state index in [0.29, 0.717) is 17.8 Å². The molecule has 1 heterocycles. The van der Waals surface area contributed by atoms with Crippen LogP contribution in [-0.2, 0) is 0 Å². The molecular weight excluding hydrogens is 314 g/mol. The van der Waals surface area contributed by atoms with E-state index in [9.17, 15) is 0 Å². The number of pyridine rings is 1. The number of hydrogen-bond donors (Lipinski definition) is 0. The van der Waals surface area contributed by atoms with E-state index in [1.807, 2.05) is 6.20 Å². The van der Waals surface area contributed by atoms with Gasteiger partial charge in [-0.2, -0.15) is 0 Å². The fourth-order valence-electron chi connectivity index (χ4n) is 5.06. The van der Waals surface area contributed by atoms with Crippen molar-refractivity contribution in [3.05, 3.63) is 65.0 Å². The van der Waals surface area contributed by atoms with E-state index in [2.05, 4.69) is 64.1 Å². The average molecular weight is 346 g/mol. The van der Waals surface area contributed by atoms with Crippen LogP contribution in [0.25, 0.3) is 10.8 Å².